The molecule has 0 saturated carbocycles. The zero-order valence-corrected chi connectivity index (χ0v) is 13.4. The van der Waals surface area contributed by atoms with Crippen molar-refractivity contribution < 1.29 is 22.4 Å². The fourth-order valence-electron chi connectivity index (χ4n) is 1.65. The molecular weight excluding hydrogens is 365 g/mol. The summed E-state index contributed by atoms with van der Waals surface area (Å²) in [6.07, 6.45) is -0.493. The van der Waals surface area contributed by atoms with E-state index < -0.39 is 17.6 Å². The normalized spacial score (nSPS) is 11.5. The molecule has 0 unspecified atom stereocenters. The average Bonchev–Trinajstić information content (AvgIpc) is 2.99. The van der Waals surface area contributed by atoms with Crippen molar-refractivity contribution in [2.24, 2.45) is 0 Å². The van der Waals surface area contributed by atoms with Crippen LogP contribution in [0.5, 0.6) is 0 Å². The second-order valence-electron chi connectivity index (χ2n) is 4.48. The molecule has 2 N–H and O–H groups in total. The van der Waals surface area contributed by atoms with E-state index in [0.717, 1.165) is 18.2 Å². The maximum Gasteiger partial charge on any atom is 0.416 e. The molecule has 0 spiro atoms. The highest BCUT2D eigenvalue weighted by Gasteiger charge is 2.31. The van der Waals surface area contributed by atoms with Gasteiger partial charge in [0.1, 0.15) is 5.76 Å². The molecule has 0 saturated heterocycles. The number of alkyl halides is 3. The summed E-state index contributed by atoms with van der Waals surface area (Å²) in [6.45, 7) is 0. The van der Waals surface area contributed by atoms with Gasteiger partial charge in [-0.1, -0.05) is 11.6 Å². The van der Waals surface area contributed by atoms with Gasteiger partial charge in [-0.2, -0.15) is 13.2 Å². The Morgan fingerprint density at radius 1 is 1.29 bits per heavy atom. The Balaban J connectivity index is 2.00. The summed E-state index contributed by atoms with van der Waals surface area (Å²) in [5, 5.41) is 4.59. The third-order valence-corrected chi connectivity index (χ3v) is 3.25. The molecule has 0 atom stereocenters. The standard InChI is InChI=1S/C15H10ClF3N2O2S/c16-11-5-3-9(15(17,18)19)8-12(11)20-14(24)21-13(22)6-4-10-2-1-7-23-10/h1-8H,(H2,20,21,22,24)/b6-4+. The van der Waals surface area contributed by atoms with E-state index in [4.69, 9.17) is 28.2 Å². The molecule has 126 valence electrons. The number of rotatable bonds is 3. The SMILES string of the molecule is O=C(/C=C/c1ccco1)NC(=S)Nc1cc(C(F)(F)F)ccc1Cl. The van der Waals surface area contributed by atoms with Crippen LogP contribution in [0.3, 0.4) is 0 Å². The Kier molecular flexibility index (Phi) is 5.63. The minimum absolute atomic E-state index is 0.0331. The molecule has 9 heteroatoms. The lowest BCUT2D eigenvalue weighted by molar-refractivity contribution is -0.137. The summed E-state index contributed by atoms with van der Waals surface area (Å²) in [6, 6.07) is 6.04. The van der Waals surface area contributed by atoms with Gasteiger partial charge in [0, 0.05) is 6.08 Å². The minimum atomic E-state index is -4.52. The number of nitrogens with one attached hydrogen (secondary N) is 2. The van der Waals surface area contributed by atoms with Gasteiger partial charge in [0.2, 0.25) is 5.91 Å². The Hall–Kier alpha value is -2.32. The summed E-state index contributed by atoms with van der Waals surface area (Å²) in [7, 11) is 0. The second kappa shape index (κ2) is 7.50. The molecule has 1 amide bonds. The smallest absolute Gasteiger partial charge is 0.416 e. The highest BCUT2D eigenvalue weighted by Crippen LogP contribution is 2.33. The average molecular weight is 375 g/mol. The summed E-state index contributed by atoms with van der Waals surface area (Å²) in [5.41, 5.74) is -0.951. The van der Waals surface area contributed by atoms with Crippen LogP contribution >= 0.6 is 23.8 Å². The maximum atomic E-state index is 12.7. The van der Waals surface area contributed by atoms with E-state index in [-0.39, 0.29) is 15.8 Å². The highest BCUT2D eigenvalue weighted by molar-refractivity contribution is 7.80. The van der Waals surface area contributed by atoms with E-state index in [1.54, 1.807) is 12.1 Å². The zero-order valence-electron chi connectivity index (χ0n) is 11.9. The predicted octanol–water partition coefficient (Wildman–Crippen LogP) is 4.48. The molecule has 0 aliphatic heterocycles. The van der Waals surface area contributed by atoms with Crippen molar-refractivity contribution in [3.8, 4) is 0 Å². The monoisotopic (exact) mass is 374 g/mol. The van der Waals surface area contributed by atoms with Gasteiger partial charge in [-0.15, -0.1) is 0 Å². The van der Waals surface area contributed by atoms with E-state index >= 15 is 0 Å². The summed E-state index contributed by atoms with van der Waals surface area (Å²) >= 11 is 10.7. The van der Waals surface area contributed by atoms with Gasteiger partial charge in [-0.05, 0) is 48.6 Å². The Labute approximate surface area is 145 Å². The van der Waals surface area contributed by atoms with Crippen molar-refractivity contribution in [3.05, 3.63) is 59.0 Å². The number of hydrogen-bond acceptors (Lipinski definition) is 3. The Bertz CT molecular complexity index is 774. The van der Waals surface area contributed by atoms with Gasteiger partial charge in [-0.25, -0.2) is 0 Å². The number of thiocarbonyl (C=S) groups is 1. The molecule has 0 fully saturated rings. The van der Waals surface area contributed by atoms with Gasteiger partial charge < -0.3 is 9.73 Å². The number of hydrogen-bond donors (Lipinski definition) is 2. The van der Waals surface area contributed by atoms with Gasteiger partial charge >= 0.3 is 6.18 Å². The molecule has 4 nitrogen and oxygen atoms in total. The maximum absolute atomic E-state index is 12.7. The van der Waals surface area contributed by atoms with Crippen LogP contribution in [0.15, 0.2) is 47.1 Å². The third kappa shape index (κ3) is 5.10. The molecule has 2 aromatic rings. The van der Waals surface area contributed by atoms with Crippen LogP contribution in [0.25, 0.3) is 6.08 Å². The largest absolute Gasteiger partial charge is 0.465 e. The number of amides is 1. The van der Waals surface area contributed by atoms with E-state index in [1.165, 1.54) is 18.4 Å². The van der Waals surface area contributed by atoms with Crippen LogP contribution in [0, 0.1) is 0 Å². The first-order valence-electron chi connectivity index (χ1n) is 6.46. The molecule has 1 heterocycles. The third-order valence-electron chi connectivity index (χ3n) is 2.72. The van der Waals surface area contributed by atoms with Crippen LogP contribution in [0.1, 0.15) is 11.3 Å². The number of furan rings is 1. The van der Waals surface area contributed by atoms with E-state index in [1.807, 2.05) is 0 Å². The van der Waals surface area contributed by atoms with E-state index in [9.17, 15) is 18.0 Å². The van der Waals surface area contributed by atoms with Crippen LogP contribution in [-0.4, -0.2) is 11.0 Å². The van der Waals surface area contributed by atoms with Crippen molar-refractivity contribution in [2.75, 3.05) is 5.32 Å². The number of carbonyl (C=O) groups excluding carboxylic acids is 1. The molecule has 0 bridgehead atoms. The first kappa shape index (κ1) is 18.0. The molecule has 1 aromatic carbocycles. The number of halogens is 4. The zero-order chi connectivity index (χ0) is 17.7. The van der Waals surface area contributed by atoms with Gasteiger partial charge in [-0.3, -0.25) is 10.1 Å². The molecule has 0 aliphatic rings. The lowest BCUT2D eigenvalue weighted by Gasteiger charge is -2.13. The number of benzene rings is 1. The summed E-state index contributed by atoms with van der Waals surface area (Å²) < 4.78 is 43.1. The summed E-state index contributed by atoms with van der Waals surface area (Å²) in [5.74, 6) is -0.114. The highest BCUT2D eigenvalue weighted by atomic mass is 35.5. The van der Waals surface area contributed by atoms with E-state index in [0.29, 0.717) is 5.76 Å². The number of anilines is 1. The van der Waals surface area contributed by atoms with Crippen LogP contribution in [-0.2, 0) is 11.0 Å². The topological polar surface area (TPSA) is 54.3 Å². The van der Waals surface area contributed by atoms with Crippen molar-refractivity contribution in [2.45, 2.75) is 6.18 Å². The molecule has 1 aromatic heterocycles. The predicted molar refractivity (Wildman–Crippen MR) is 88.6 cm³/mol. The fourth-order valence-corrected chi connectivity index (χ4v) is 2.02. The van der Waals surface area contributed by atoms with Crippen molar-refractivity contribution >= 4 is 46.6 Å². The van der Waals surface area contributed by atoms with Crippen LogP contribution < -0.4 is 10.6 Å². The lowest BCUT2D eigenvalue weighted by Crippen LogP contribution is -2.33. The molecule has 24 heavy (non-hydrogen) atoms. The molecule has 0 aliphatic carbocycles. The first-order valence-corrected chi connectivity index (χ1v) is 7.24. The Morgan fingerprint density at radius 3 is 2.67 bits per heavy atom. The minimum Gasteiger partial charge on any atom is -0.465 e. The van der Waals surface area contributed by atoms with Crippen molar-refractivity contribution in [1.29, 1.82) is 0 Å². The van der Waals surface area contributed by atoms with Gasteiger partial charge in [0.15, 0.2) is 5.11 Å². The van der Waals surface area contributed by atoms with Crippen LogP contribution in [0.2, 0.25) is 5.02 Å². The van der Waals surface area contributed by atoms with Crippen molar-refractivity contribution in [1.82, 2.24) is 5.32 Å². The number of carbonyl (C=O) groups is 1. The summed E-state index contributed by atoms with van der Waals surface area (Å²) in [4.78, 5) is 11.7. The van der Waals surface area contributed by atoms with Crippen molar-refractivity contribution in [3.63, 3.8) is 0 Å². The van der Waals surface area contributed by atoms with E-state index in [2.05, 4.69) is 10.6 Å². The first-order chi connectivity index (χ1) is 11.3. The van der Waals surface area contributed by atoms with Gasteiger partial charge in [0.05, 0.1) is 22.5 Å². The van der Waals surface area contributed by atoms with Crippen LogP contribution in [0.4, 0.5) is 18.9 Å². The quantitative estimate of drug-likeness (QED) is 0.614. The Morgan fingerprint density at radius 2 is 2.04 bits per heavy atom. The lowest BCUT2D eigenvalue weighted by atomic mass is 10.2. The molecule has 2 rings (SSSR count). The molecular formula is C15H10ClF3N2O2S. The molecule has 0 radical (unpaired) electrons. The second-order valence-corrected chi connectivity index (χ2v) is 5.30. The fraction of sp³-hybridized carbons (Fsp3) is 0.0667. The van der Waals surface area contributed by atoms with Gasteiger partial charge in [0.25, 0.3) is 0 Å².